The minimum absolute atomic E-state index is 0.00490. The maximum Gasteiger partial charge on any atom is 0.337 e. The van der Waals surface area contributed by atoms with Crippen LogP contribution >= 0.6 is 0 Å². The first-order valence-electron chi connectivity index (χ1n) is 9.72. The van der Waals surface area contributed by atoms with Crippen LogP contribution in [0.3, 0.4) is 0 Å². The van der Waals surface area contributed by atoms with Gasteiger partial charge >= 0.3 is 5.97 Å². The van der Waals surface area contributed by atoms with Crippen molar-refractivity contribution in [2.24, 2.45) is 0 Å². The highest BCUT2D eigenvalue weighted by molar-refractivity contribution is 5.92. The molecule has 0 amide bonds. The maximum atomic E-state index is 12.9. The van der Waals surface area contributed by atoms with Crippen LogP contribution in [0.4, 0.5) is 5.69 Å². The molecule has 0 saturated heterocycles. The average Bonchev–Trinajstić information content (AvgIpc) is 3.48. The molecular formula is C24H20N5O3+. The molecule has 8 nitrogen and oxygen atoms in total. The lowest BCUT2D eigenvalue weighted by Crippen LogP contribution is -2.09. The molecule has 0 saturated carbocycles. The number of benzene rings is 2. The number of hydrogen-bond donors (Lipinski definition) is 1. The third-order valence-electron chi connectivity index (χ3n) is 4.99. The van der Waals surface area contributed by atoms with Gasteiger partial charge in [-0.2, -0.15) is 0 Å². The summed E-state index contributed by atoms with van der Waals surface area (Å²) >= 11 is 0. The second-order valence-corrected chi connectivity index (χ2v) is 7.03. The van der Waals surface area contributed by atoms with Crippen LogP contribution in [0.2, 0.25) is 0 Å². The lowest BCUT2D eigenvalue weighted by Gasteiger charge is -2.07. The fourth-order valence-electron chi connectivity index (χ4n) is 3.37. The number of imidazole rings is 2. The quantitative estimate of drug-likeness (QED) is 0.328. The normalized spacial score (nSPS) is 11.4. The van der Waals surface area contributed by atoms with Crippen LogP contribution in [0.25, 0.3) is 22.4 Å². The van der Waals surface area contributed by atoms with Gasteiger partial charge in [0.2, 0.25) is 6.54 Å². The van der Waals surface area contributed by atoms with E-state index in [1.807, 2.05) is 28.8 Å². The number of carboxylic acids is 1. The Morgan fingerprint density at radius 1 is 1.19 bits per heavy atom. The van der Waals surface area contributed by atoms with Crippen LogP contribution in [0.1, 0.15) is 10.4 Å². The van der Waals surface area contributed by atoms with Gasteiger partial charge in [-0.3, -0.25) is 4.57 Å². The molecule has 4 aromatic rings. The van der Waals surface area contributed by atoms with Crippen molar-refractivity contribution < 1.29 is 14.7 Å². The number of carboxylic acid groups (broad SMARTS) is 1. The zero-order chi connectivity index (χ0) is 22.7. The van der Waals surface area contributed by atoms with E-state index in [-0.39, 0.29) is 12.1 Å². The minimum Gasteiger partial charge on any atom is -0.478 e. The van der Waals surface area contributed by atoms with Gasteiger partial charge in [-0.05, 0) is 24.3 Å². The largest absolute Gasteiger partial charge is 0.478 e. The van der Waals surface area contributed by atoms with E-state index in [9.17, 15) is 14.8 Å². The molecule has 2 aromatic carbocycles. The van der Waals surface area contributed by atoms with Gasteiger partial charge in [-0.25, -0.2) is 14.8 Å². The highest BCUT2D eigenvalue weighted by Gasteiger charge is 2.20. The van der Waals surface area contributed by atoms with Crippen molar-refractivity contribution in [2.75, 3.05) is 6.54 Å². The highest BCUT2D eigenvalue weighted by atomic mass is 16.4. The molecule has 32 heavy (non-hydrogen) atoms. The fraction of sp³-hybridized carbons (Fsp3) is 0.0417. The lowest BCUT2D eigenvalue weighted by molar-refractivity contribution is -0.453. The van der Waals surface area contributed by atoms with Crippen molar-refractivity contribution in [3.05, 3.63) is 109 Å². The SMILES string of the molecule is C=CC(=CC(=C)n1cnc2ccccc21)C[N+](=O)c1ccc(C(=O)O)c(-n2ccnc2)c1. The Kier molecular flexibility index (Phi) is 5.59. The van der Waals surface area contributed by atoms with Gasteiger partial charge in [0.05, 0.1) is 28.6 Å². The van der Waals surface area contributed by atoms with Crippen LogP contribution in [0, 0.1) is 4.91 Å². The Hall–Kier alpha value is -4.59. The summed E-state index contributed by atoms with van der Waals surface area (Å²) < 4.78 is 4.17. The summed E-state index contributed by atoms with van der Waals surface area (Å²) in [5, 5.41) is 9.48. The maximum absolute atomic E-state index is 12.9. The zero-order valence-corrected chi connectivity index (χ0v) is 17.1. The molecule has 0 aliphatic carbocycles. The average molecular weight is 426 g/mol. The number of para-hydroxylation sites is 2. The van der Waals surface area contributed by atoms with E-state index < -0.39 is 5.97 Å². The number of allylic oxidation sites excluding steroid dienone is 2. The van der Waals surface area contributed by atoms with E-state index in [0.29, 0.717) is 22.6 Å². The van der Waals surface area contributed by atoms with Gasteiger partial charge in [0.25, 0.3) is 5.69 Å². The Labute approximate surface area is 183 Å². The molecule has 158 valence electrons. The predicted octanol–water partition coefficient (Wildman–Crippen LogP) is 4.61. The van der Waals surface area contributed by atoms with Crippen molar-refractivity contribution >= 4 is 28.4 Å². The molecule has 4 rings (SSSR count). The lowest BCUT2D eigenvalue weighted by atomic mass is 10.1. The van der Waals surface area contributed by atoms with Crippen molar-refractivity contribution in [3.8, 4) is 5.69 Å². The molecule has 8 heteroatoms. The molecular weight excluding hydrogens is 406 g/mol. The Morgan fingerprint density at radius 3 is 2.72 bits per heavy atom. The number of rotatable bonds is 8. The van der Waals surface area contributed by atoms with Crippen molar-refractivity contribution in [3.63, 3.8) is 0 Å². The molecule has 0 bridgehead atoms. The summed E-state index contributed by atoms with van der Waals surface area (Å²) in [4.78, 5) is 32.8. The second kappa shape index (κ2) is 8.65. The monoisotopic (exact) mass is 426 g/mol. The first kappa shape index (κ1) is 20.7. The summed E-state index contributed by atoms with van der Waals surface area (Å²) in [7, 11) is 0. The molecule has 0 atom stereocenters. The van der Waals surface area contributed by atoms with Crippen molar-refractivity contribution in [2.45, 2.75) is 0 Å². The van der Waals surface area contributed by atoms with Crippen LogP contribution in [-0.4, -0.2) is 41.5 Å². The Bertz CT molecular complexity index is 1380. The van der Waals surface area contributed by atoms with Gasteiger partial charge in [-0.15, -0.1) is 0 Å². The summed E-state index contributed by atoms with van der Waals surface area (Å²) in [6.45, 7) is 7.91. The molecule has 0 aliphatic heterocycles. The van der Waals surface area contributed by atoms with Gasteiger partial charge in [-0.1, -0.05) is 31.4 Å². The standard InChI is InChI=1S/C24H19N5O3/c1-3-18(12-17(2)28-16-26-21-6-4-5-7-22(21)28)14-29(32)19-8-9-20(24(30)31)23(13-19)27-11-10-25-15-27/h3-13,15-16H,1-2,14H2/p+1. The molecule has 0 aliphatic rings. The first-order chi connectivity index (χ1) is 15.5. The van der Waals surface area contributed by atoms with E-state index in [0.717, 1.165) is 15.8 Å². The number of aromatic carboxylic acids is 1. The summed E-state index contributed by atoms with van der Waals surface area (Å²) in [6, 6.07) is 12.1. The zero-order valence-electron chi connectivity index (χ0n) is 17.1. The van der Waals surface area contributed by atoms with E-state index >= 15 is 0 Å². The molecule has 2 aromatic heterocycles. The van der Waals surface area contributed by atoms with Gasteiger partial charge in [0, 0.05) is 45.5 Å². The predicted molar refractivity (Wildman–Crippen MR) is 122 cm³/mol. The van der Waals surface area contributed by atoms with Crippen molar-refractivity contribution in [1.29, 1.82) is 0 Å². The summed E-state index contributed by atoms with van der Waals surface area (Å²) in [5.74, 6) is -1.09. The van der Waals surface area contributed by atoms with E-state index in [1.54, 1.807) is 29.2 Å². The first-order valence-corrected chi connectivity index (χ1v) is 9.72. The van der Waals surface area contributed by atoms with Crippen LogP contribution < -0.4 is 0 Å². The number of fused-ring (bicyclic) bond motifs is 1. The Balaban J connectivity index is 1.61. The van der Waals surface area contributed by atoms with Crippen molar-refractivity contribution in [1.82, 2.24) is 19.1 Å². The number of nitroso groups, excluding NO2 is 1. The smallest absolute Gasteiger partial charge is 0.337 e. The molecule has 0 unspecified atom stereocenters. The number of nitrogens with zero attached hydrogens (tertiary/aromatic N) is 5. The topological polar surface area (TPSA) is 93.0 Å². The molecule has 1 N–H and O–H groups in total. The van der Waals surface area contributed by atoms with Crippen LogP contribution in [0.15, 0.2) is 98.4 Å². The molecule has 0 radical (unpaired) electrons. The fourth-order valence-corrected chi connectivity index (χ4v) is 3.37. The van der Waals surface area contributed by atoms with Gasteiger partial charge in [0.1, 0.15) is 6.33 Å². The van der Waals surface area contributed by atoms with Gasteiger partial charge in [0.15, 0.2) is 0 Å². The van der Waals surface area contributed by atoms with Crippen LogP contribution in [0.5, 0.6) is 0 Å². The van der Waals surface area contributed by atoms with Crippen LogP contribution in [-0.2, 0) is 0 Å². The summed E-state index contributed by atoms with van der Waals surface area (Å²) in [6.07, 6.45) is 9.69. The number of aromatic nitrogens is 4. The molecule has 2 heterocycles. The second-order valence-electron chi connectivity index (χ2n) is 7.03. The highest BCUT2D eigenvalue weighted by Crippen LogP contribution is 2.23. The van der Waals surface area contributed by atoms with Gasteiger partial charge < -0.3 is 9.67 Å². The molecule has 0 spiro atoms. The number of carbonyl (C=O) groups is 1. The Morgan fingerprint density at radius 2 is 2.00 bits per heavy atom. The third kappa shape index (κ3) is 4.01. The van der Waals surface area contributed by atoms with E-state index in [4.69, 9.17) is 0 Å². The molecule has 0 fully saturated rings. The third-order valence-corrected chi connectivity index (χ3v) is 4.99. The van der Waals surface area contributed by atoms with E-state index in [1.165, 1.54) is 30.7 Å². The number of hydrogen-bond acceptors (Lipinski definition) is 4. The minimum atomic E-state index is -1.09. The van der Waals surface area contributed by atoms with E-state index in [2.05, 4.69) is 23.1 Å². The summed E-state index contributed by atoms with van der Waals surface area (Å²) in [5.41, 5.74) is 3.78.